The molecule has 0 aromatic heterocycles. The molecule has 5 rings (SSSR count). The fourth-order valence-corrected chi connectivity index (χ4v) is 5.57. The Morgan fingerprint density at radius 1 is 1.03 bits per heavy atom. The highest BCUT2D eigenvalue weighted by Gasteiger charge is 2.64. The average molecular weight is 464 g/mol. The van der Waals surface area contributed by atoms with E-state index in [0.29, 0.717) is 17.3 Å². The number of amides is 3. The van der Waals surface area contributed by atoms with Crippen LogP contribution in [0.1, 0.15) is 32.3 Å². The summed E-state index contributed by atoms with van der Waals surface area (Å²) in [6.07, 6.45) is 3.68. The van der Waals surface area contributed by atoms with Gasteiger partial charge >= 0.3 is 0 Å². The van der Waals surface area contributed by atoms with Gasteiger partial charge in [-0.1, -0.05) is 49.2 Å². The van der Waals surface area contributed by atoms with Crippen molar-refractivity contribution in [2.75, 3.05) is 16.8 Å². The molecule has 3 aliphatic heterocycles. The van der Waals surface area contributed by atoms with Gasteiger partial charge in [0.1, 0.15) is 6.04 Å². The number of nitrogens with one attached hydrogen (secondary N) is 1. The van der Waals surface area contributed by atoms with E-state index in [1.807, 2.05) is 49.1 Å². The molecule has 0 spiro atoms. The molecule has 3 amide bonds. The Labute approximate surface area is 198 Å². The molecule has 170 valence electrons. The quantitative estimate of drug-likeness (QED) is 0.669. The van der Waals surface area contributed by atoms with Crippen molar-refractivity contribution in [2.24, 2.45) is 11.8 Å². The molecule has 2 fully saturated rings. The number of fused-ring (bicyclic) bond motifs is 5. The Bertz CT molecular complexity index is 1160. The van der Waals surface area contributed by atoms with Gasteiger partial charge in [0, 0.05) is 28.5 Å². The van der Waals surface area contributed by atoms with Crippen molar-refractivity contribution in [3.8, 4) is 0 Å². The number of halogens is 1. The van der Waals surface area contributed by atoms with Crippen molar-refractivity contribution in [1.29, 1.82) is 0 Å². The standard InChI is InChI=1S/C26H26ClN3O3/c1-3-4-13-29-25(32)21-20-14-15(2)18-7-5-6-8-19(18)30(20)23(22(21)26(29)33)24(31)28-17-11-9-16(27)10-12-17/h5-12,14,20-23H,3-4,13H2,1-2H3,(H,28,31)/t20-,21+,22-,23-/m1/s1. The zero-order chi connectivity index (χ0) is 23.3. The number of likely N-dealkylation sites (tertiary alicyclic amines) is 1. The minimum absolute atomic E-state index is 0.168. The molecule has 0 unspecified atom stereocenters. The Morgan fingerprint density at radius 2 is 1.73 bits per heavy atom. The first-order valence-corrected chi connectivity index (χ1v) is 11.8. The van der Waals surface area contributed by atoms with Crippen molar-refractivity contribution in [1.82, 2.24) is 4.90 Å². The maximum Gasteiger partial charge on any atom is 0.247 e. The van der Waals surface area contributed by atoms with E-state index >= 15 is 0 Å². The number of allylic oxidation sites excluding steroid dienone is 1. The molecule has 0 bridgehead atoms. The van der Waals surface area contributed by atoms with Crippen LogP contribution in [0.15, 0.2) is 54.6 Å². The van der Waals surface area contributed by atoms with Gasteiger partial charge in [0.2, 0.25) is 17.7 Å². The third-order valence-corrected chi connectivity index (χ3v) is 7.21. The van der Waals surface area contributed by atoms with E-state index in [2.05, 4.69) is 5.32 Å². The van der Waals surface area contributed by atoms with Crippen LogP contribution in [0, 0.1) is 11.8 Å². The van der Waals surface area contributed by atoms with Crippen LogP contribution in [0.4, 0.5) is 11.4 Å². The molecule has 2 saturated heterocycles. The van der Waals surface area contributed by atoms with E-state index < -0.39 is 17.9 Å². The number of imide groups is 1. The second kappa shape index (κ2) is 8.34. The molecule has 6 nitrogen and oxygen atoms in total. The fourth-order valence-electron chi connectivity index (χ4n) is 5.45. The number of hydrogen-bond acceptors (Lipinski definition) is 4. The zero-order valence-corrected chi connectivity index (χ0v) is 19.4. The molecule has 33 heavy (non-hydrogen) atoms. The largest absolute Gasteiger partial charge is 0.351 e. The van der Waals surface area contributed by atoms with E-state index in [0.717, 1.165) is 29.7 Å². The molecule has 3 heterocycles. The van der Waals surface area contributed by atoms with Crippen LogP contribution in [-0.4, -0.2) is 41.2 Å². The third kappa shape index (κ3) is 3.44. The fraction of sp³-hybridized carbons (Fsp3) is 0.346. The summed E-state index contributed by atoms with van der Waals surface area (Å²) >= 11 is 5.99. The lowest BCUT2D eigenvalue weighted by atomic mass is 9.87. The number of unbranched alkanes of at least 4 members (excludes halogenated alkanes) is 1. The predicted molar refractivity (Wildman–Crippen MR) is 129 cm³/mol. The van der Waals surface area contributed by atoms with Gasteiger partial charge in [-0.3, -0.25) is 19.3 Å². The smallest absolute Gasteiger partial charge is 0.247 e. The molecule has 2 aromatic rings. The summed E-state index contributed by atoms with van der Waals surface area (Å²) in [5.74, 6) is -2.00. The van der Waals surface area contributed by atoms with E-state index in [1.54, 1.807) is 24.3 Å². The van der Waals surface area contributed by atoms with Crippen LogP contribution in [0.2, 0.25) is 5.02 Å². The summed E-state index contributed by atoms with van der Waals surface area (Å²) in [5.41, 5.74) is 3.55. The lowest BCUT2D eigenvalue weighted by Crippen LogP contribution is -2.50. The number of anilines is 2. The zero-order valence-electron chi connectivity index (χ0n) is 18.6. The van der Waals surface area contributed by atoms with Crippen LogP contribution in [-0.2, 0) is 14.4 Å². The number of hydrogen-bond donors (Lipinski definition) is 1. The maximum absolute atomic E-state index is 13.7. The third-order valence-electron chi connectivity index (χ3n) is 6.96. The van der Waals surface area contributed by atoms with Gasteiger partial charge in [0.25, 0.3) is 0 Å². The highest BCUT2D eigenvalue weighted by Crippen LogP contribution is 2.50. The Morgan fingerprint density at radius 3 is 2.45 bits per heavy atom. The Hall–Kier alpha value is -3.12. The number of carbonyl (C=O) groups is 3. The monoisotopic (exact) mass is 463 g/mol. The minimum Gasteiger partial charge on any atom is -0.351 e. The van der Waals surface area contributed by atoms with Gasteiger partial charge in [-0.2, -0.15) is 0 Å². The SMILES string of the molecule is CCCCN1C(=O)[C@@H]2[C@@H](C1=O)[C@H](C(=O)Nc1ccc(Cl)cc1)N1c3ccccc3C(C)=C[C@H]21. The number of benzene rings is 2. The van der Waals surface area contributed by atoms with Crippen molar-refractivity contribution in [3.05, 3.63) is 65.2 Å². The van der Waals surface area contributed by atoms with Crippen molar-refractivity contribution in [3.63, 3.8) is 0 Å². The minimum atomic E-state index is -0.788. The summed E-state index contributed by atoms with van der Waals surface area (Å²) in [6, 6.07) is 13.6. The molecule has 3 aliphatic rings. The highest BCUT2D eigenvalue weighted by atomic mass is 35.5. The topological polar surface area (TPSA) is 69.7 Å². The van der Waals surface area contributed by atoms with Gasteiger partial charge in [-0.25, -0.2) is 0 Å². The predicted octanol–water partition coefficient (Wildman–Crippen LogP) is 4.35. The van der Waals surface area contributed by atoms with Crippen molar-refractivity contribution in [2.45, 2.75) is 38.8 Å². The van der Waals surface area contributed by atoms with Crippen molar-refractivity contribution >= 4 is 46.3 Å². The van der Waals surface area contributed by atoms with Gasteiger partial charge < -0.3 is 10.2 Å². The van der Waals surface area contributed by atoms with E-state index in [1.165, 1.54) is 4.90 Å². The van der Waals surface area contributed by atoms with E-state index in [9.17, 15) is 14.4 Å². The summed E-state index contributed by atoms with van der Waals surface area (Å²) in [6.45, 7) is 4.45. The summed E-state index contributed by atoms with van der Waals surface area (Å²) in [4.78, 5) is 44.0. The summed E-state index contributed by atoms with van der Waals surface area (Å²) in [5, 5.41) is 3.52. The van der Waals surface area contributed by atoms with Crippen LogP contribution >= 0.6 is 11.6 Å². The van der Waals surface area contributed by atoms with E-state index in [4.69, 9.17) is 11.6 Å². The molecule has 2 aromatic carbocycles. The highest BCUT2D eigenvalue weighted by molar-refractivity contribution is 6.30. The average Bonchev–Trinajstić information content (AvgIpc) is 3.27. The van der Waals surface area contributed by atoms with Gasteiger partial charge in [0.05, 0.1) is 17.9 Å². The van der Waals surface area contributed by atoms with Gasteiger partial charge in [0.15, 0.2) is 0 Å². The molecule has 1 N–H and O–H groups in total. The van der Waals surface area contributed by atoms with Crippen LogP contribution in [0.3, 0.4) is 0 Å². The normalized spacial score (nSPS) is 25.5. The van der Waals surface area contributed by atoms with Crippen LogP contribution in [0.5, 0.6) is 0 Å². The first kappa shape index (κ1) is 21.7. The first-order chi connectivity index (χ1) is 15.9. The van der Waals surface area contributed by atoms with Crippen LogP contribution in [0.25, 0.3) is 5.57 Å². The molecule has 7 heteroatoms. The molecule has 0 radical (unpaired) electrons. The van der Waals surface area contributed by atoms with E-state index in [-0.39, 0.29) is 23.8 Å². The number of para-hydroxylation sites is 1. The Kier molecular flexibility index (Phi) is 5.49. The van der Waals surface area contributed by atoms with Crippen LogP contribution < -0.4 is 10.2 Å². The summed E-state index contributed by atoms with van der Waals surface area (Å²) < 4.78 is 0. The second-order valence-electron chi connectivity index (χ2n) is 8.94. The second-order valence-corrected chi connectivity index (χ2v) is 9.38. The number of rotatable bonds is 5. The maximum atomic E-state index is 13.7. The first-order valence-electron chi connectivity index (χ1n) is 11.4. The lowest BCUT2D eigenvalue weighted by Gasteiger charge is -2.37. The molecule has 0 saturated carbocycles. The summed E-state index contributed by atoms with van der Waals surface area (Å²) in [7, 11) is 0. The van der Waals surface area contributed by atoms with Gasteiger partial charge in [-0.15, -0.1) is 0 Å². The molecular formula is C26H26ClN3O3. The molecular weight excluding hydrogens is 438 g/mol. The molecule has 0 aliphatic carbocycles. The number of nitrogens with zero attached hydrogens (tertiary/aromatic N) is 2. The Balaban J connectivity index is 1.57. The molecule has 4 atom stereocenters. The number of carbonyl (C=O) groups excluding carboxylic acids is 3. The van der Waals surface area contributed by atoms with Crippen molar-refractivity contribution < 1.29 is 14.4 Å². The lowest BCUT2D eigenvalue weighted by molar-refractivity contribution is -0.141. The van der Waals surface area contributed by atoms with Gasteiger partial charge in [-0.05, 0) is 49.2 Å².